The van der Waals surface area contributed by atoms with Crippen molar-refractivity contribution in [2.24, 2.45) is 0 Å². The van der Waals surface area contributed by atoms with Gasteiger partial charge in [-0.25, -0.2) is 0 Å². The van der Waals surface area contributed by atoms with Gasteiger partial charge in [-0.3, -0.25) is 0 Å². The van der Waals surface area contributed by atoms with Gasteiger partial charge in [0.25, 0.3) is 0 Å². The molecule has 2 aromatic heterocycles. The molecule has 0 spiro atoms. The smallest absolute Gasteiger partial charge is 0.0547 e. The minimum absolute atomic E-state index is 1.09. The van der Waals surface area contributed by atoms with Gasteiger partial charge in [-0.2, -0.15) is 0 Å². The van der Waals surface area contributed by atoms with E-state index in [1.807, 2.05) is 0 Å². The summed E-state index contributed by atoms with van der Waals surface area (Å²) in [6, 6.07) is 94.9. The van der Waals surface area contributed by atoms with Crippen molar-refractivity contribution in [1.29, 1.82) is 0 Å². The van der Waals surface area contributed by atoms with Crippen LogP contribution in [0.15, 0.2) is 261 Å². The van der Waals surface area contributed by atoms with Crippen LogP contribution in [0, 0.1) is 0 Å². The summed E-state index contributed by atoms with van der Waals surface area (Å²) in [6.07, 6.45) is 0. The molecular weight excluding hydrogens is 811 g/mol. The Morgan fingerprint density at radius 1 is 0.224 bits per heavy atom. The Labute approximate surface area is 389 Å². The van der Waals surface area contributed by atoms with Gasteiger partial charge < -0.3 is 14.0 Å². The molecule has 0 aliphatic heterocycles. The largest absolute Gasteiger partial charge is 0.311 e. The normalized spacial score (nSPS) is 11.6. The third kappa shape index (κ3) is 6.67. The Kier molecular flexibility index (Phi) is 9.17. The topological polar surface area (TPSA) is 13.1 Å². The molecular formula is C64H43N3. The first-order chi connectivity index (χ1) is 33.2. The number of hydrogen-bond donors (Lipinski definition) is 0. The highest BCUT2D eigenvalue weighted by Crippen LogP contribution is 2.41. The van der Waals surface area contributed by atoms with E-state index < -0.39 is 0 Å². The predicted octanol–water partition coefficient (Wildman–Crippen LogP) is 17.5. The second-order valence-corrected chi connectivity index (χ2v) is 17.4. The molecule has 0 N–H and O–H groups in total. The maximum atomic E-state index is 2.40. The van der Waals surface area contributed by atoms with Gasteiger partial charge in [0.2, 0.25) is 0 Å². The summed E-state index contributed by atoms with van der Waals surface area (Å²) < 4.78 is 4.79. The third-order valence-electron chi connectivity index (χ3n) is 13.5. The van der Waals surface area contributed by atoms with E-state index in [9.17, 15) is 0 Å². The van der Waals surface area contributed by atoms with Gasteiger partial charge in [0, 0.05) is 50.0 Å². The fourth-order valence-corrected chi connectivity index (χ4v) is 10.2. The van der Waals surface area contributed by atoms with E-state index in [0.717, 1.165) is 22.7 Å². The molecule has 314 valence electrons. The lowest BCUT2D eigenvalue weighted by Crippen LogP contribution is -2.09. The molecule has 0 unspecified atom stereocenters. The van der Waals surface area contributed by atoms with Crippen LogP contribution in [0.2, 0.25) is 0 Å². The Hall–Kier alpha value is -8.92. The van der Waals surface area contributed by atoms with Crippen LogP contribution in [0.4, 0.5) is 17.1 Å². The van der Waals surface area contributed by atoms with E-state index in [2.05, 4.69) is 275 Å². The Morgan fingerprint density at radius 3 is 1.30 bits per heavy atom. The van der Waals surface area contributed by atoms with Crippen molar-refractivity contribution in [3.63, 3.8) is 0 Å². The molecule has 0 saturated carbocycles. The fraction of sp³-hybridized carbons (Fsp3) is 0. The maximum Gasteiger partial charge on any atom is 0.0547 e. The van der Waals surface area contributed by atoms with Crippen LogP contribution in [-0.4, -0.2) is 9.13 Å². The first kappa shape index (κ1) is 38.5. The van der Waals surface area contributed by atoms with Crippen LogP contribution in [0.25, 0.3) is 99.1 Å². The highest BCUT2D eigenvalue weighted by molar-refractivity contribution is 6.11. The molecule has 0 aliphatic carbocycles. The highest BCUT2D eigenvalue weighted by atomic mass is 15.1. The quantitative estimate of drug-likeness (QED) is 0.148. The van der Waals surface area contributed by atoms with Gasteiger partial charge in [0.15, 0.2) is 0 Å². The van der Waals surface area contributed by atoms with Crippen LogP contribution in [0.1, 0.15) is 0 Å². The van der Waals surface area contributed by atoms with Gasteiger partial charge in [0.1, 0.15) is 0 Å². The van der Waals surface area contributed by atoms with Gasteiger partial charge in [0.05, 0.1) is 22.1 Å². The monoisotopic (exact) mass is 853 g/mol. The van der Waals surface area contributed by atoms with Crippen molar-refractivity contribution in [1.82, 2.24) is 9.13 Å². The average molecular weight is 854 g/mol. The van der Waals surface area contributed by atoms with Crippen LogP contribution in [0.3, 0.4) is 0 Å². The molecule has 0 aliphatic rings. The molecule has 3 nitrogen and oxygen atoms in total. The molecule has 0 radical (unpaired) electrons. The van der Waals surface area contributed by atoms with Gasteiger partial charge in [-0.15, -0.1) is 0 Å². The summed E-state index contributed by atoms with van der Waals surface area (Å²) in [4.78, 5) is 2.36. The first-order valence-electron chi connectivity index (χ1n) is 23.0. The van der Waals surface area contributed by atoms with Crippen molar-refractivity contribution in [2.45, 2.75) is 0 Å². The number of aromatic nitrogens is 2. The zero-order valence-corrected chi connectivity index (χ0v) is 36.7. The number of hydrogen-bond acceptors (Lipinski definition) is 1. The Bertz CT molecular complexity index is 3940. The lowest BCUT2D eigenvalue weighted by molar-refractivity contribution is 1.18. The summed E-state index contributed by atoms with van der Waals surface area (Å²) in [5.74, 6) is 0. The predicted molar refractivity (Wildman–Crippen MR) is 284 cm³/mol. The lowest BCUT2D eigenvalue weighted by Gasteiger charge is -2.26. The lowest BCUT2D eigenvalue weighted by atomic mass is 10.0. The molecule has 0 amide bonds. The fourth-order valence-electron chi connectivity index (χ4n) is 10.2. The highest BCUT2D eigenvalue weighted by Gasteiger charge is 2.18. The summed E-state index contributed by atoms with van der Waals surface area (Å²) in [5, 5.41) is 7.48. The molecule has 0 bridgehead atoms. The van der Waals surface area contributed by atoms with E-state index in [-0.39, 0.29) is 0 Å². The Morgan fingerprint density at radius 2 is 0.657 bits per heavy atom. The molecule has 3 heteroatoms. The number of benzene rings is 11. The van der Waals surface area contributed by atoms with Crippen LogP contribution in [-0.2, 0) is 0 Å². The minimum atomic E-state index is 1.09. The standard InChI is InChI=1S/C64H43N3/c1-3-13-44(14-4-1)46-23-32-53(33-24-46)65(55-36-27-48(28-37-55)51-30-39-59-57-19-9-11-21-61(57)66(64(59)43-51)52-17-5-2-6-18-52)54-34-25-47(26-35-54)50-31-40-63-60(42-50)58-20-10-12-22-62(58)67(63)56-38-29-45-15-7-8-16-49(45)41-56/h1-43H. The number of para-hydroxylation sites is 3. The molecule has 67 heavy (non-hydrogen) atoms. The molecule has 13 rings (SSSR count). The summed E-state index contributed by atoms with van der Waals surface area (Å²) in [7, 11) is 0. The number of fused-ring (bicyclic) bond motifs is 7. The molecule has 13 aromatic rings. The molecule has 0 fully saturated rings. The number of anilines is 3. The summed E-state index contributed by atoms with van der Waals surface area (Å²) in [5.41, 5.74) is 17.5. The van der Waals surface area contributed by atoms with Crippen molar-refractivity contribution in [2.75, 3.05) is 4.90 Å². The first-order valence-corrected chi connectivity index (χ1v) is 23.0. The maximum absolute atomic E-state index is 2.40. The van der Waals surface area contributed by atoms with Crippen molar-refractivity contribution < 1.29 is 0 Å². The van der Waals surface area contributed by atoms with E-state index in [4.69, 9.17) is 0 Å². The van der Waals surface area contributed by atoms with Crippen molar-refractivity contribution in [3.8, 4) is 44.8 Å². The van der Waals surface area contributed by atoms with E-state index in [0.29, 0.717) is 0 Å². The van der Waals surface area contributed by atoms with Crippen LogP contribution < -0.4 is 4.90 Å². The summed E-state index contributed by atoms with van der Waals surface area (Å²) >= 11 is 0. The zero-order chi connectivity index (χ0) is 44.3. The van der Waals surface area contributed by atoms with E-state index >= 15 is 0 Å². The Balaban J connectivity index is 0.876. The molecule has 0 saturated heterocycles. The molecule has 0 atom stereocenters. The van der Waals surface area contributed by atoms with E-state index in [1.165, 1.54) is 93.5 Å². The third-order valence-corrected chi connectivity index (χ3v) is 13.5. The second kappa shape index (κ2) is 16.0. The van der Waals surface area contributed by atoms with Gasteiger partial charge in [-0.1, -0.05) is 170 Å². The van der Waals surface area contributed by atoms with Gasteiger partial charge in [-0.05, 0) is 135 Å². The number of nitrogens with zero attached hydrogens (tertiary/aromatic N) is 3. The zero-order valence-electron chi connectivity index (χ0n) is 36.7. The summed E-state index contributed by atoms with van der Waals surface area (Å²) in [6.45, 7) is 0. The van der Waals surface area contributed by atoms with Gasteiger partial charge >= 0.3 is 0 Å². The average Bonchev–Trinajstić information content (AvgIpc) is 3.92. The second-order valence-electron chi connectivity index (χ2n) is 17.4. The van der Waals surface area contributed by atoms with E-state index in [1.54, 1.807) is 0 Å². The van der Waals surface area contributed by atoms with Crippen LogP contribution in [0.5, 0.6) is 0 Å². The van der Waals surface area contributed by atoms with Crippen LogP contribution >= 0.6 is 0 Å². The molecule has 11 aromatic carbocycles. The van der Waals surface area contributed by atoms with Crippen molar-refractivity contribution >= 4 is 71.4 Å². The van der Waals surface area contributed by atoms with Crippen molar-refractivity contribution in [3.05, 3.63) is 261 Å². The SMILES string of the molecule is c1ccc(-c2ccc(N(c3ccc(-c4ccc5c(c4)c4ccccc4n5-c4ccc5ccccc5c4)cc3)c3ccc(-c4ccc5c6ccccc6n(-c6ccccc6)c5c4)cc3)cc2)cc1. The molecule has 2 heterocycles. The number of rotatable bonds is 8. The minimum Gasteiger partial charge on any atom is -0.311 e.